The zero-order valence-corrected chi connectivity index (χ0v) is 18.3. The second kappa shape index (κ2) is 10.0. The van der Waals surface area contributed by atoms with Gasteiger partial charge in [-0.2, -0.15) is 0 Å². The largest absolute Gasteiger partial charge is 0.486 e. The minimum absolute atomic E-state index is 0.166. The lowest BCUT2D eigenvalue weighted by molar-refractivity contribution is -0.113. The van der Waals surface area contributed by atoms with Crippen LogP contribution in [0.2, 0.25) is 10.0 Å². The Morgan fingerprint density at radius 2 is 1.93 bits per heavy atom. The summed E-state index contributed by atoms with van der Waals surface area (Å²) in [5.74, 6) is 1.43. The van der Waals surface area contributed by atoms with Crippen molar-refractivity contribution in [3.8, 4) is 5.75 Å². The van der Waals surface area contributed by atoms with Crippen LogP contribution in [0.1, 0.15) is 18.3 Å². The lowest BCUT2D eigenvalue weighted by Gasteiger charge is -2.10. The van der Waals surface area contributed by atoms with Crippen LogP contribution in [0.5, 0.6) is 5.75 Å². The molecule has 1 aromatic heterocycles. The summed E-state index contributed by atoms with van der Waals surface area (Å²) in [6, 6.07) is 12.7. The molecule has 0 atom stereocenters. The van der Waals surface area contributed by atoms with Crippen molar-refractivity contribution in [1.82, 2.24) is 14.8 Å². The second-order valence-electron chi connectivity index (χ2n) is 6.21. The molecule has 0 radical (unpaired) electrons. The standard InChI is InChI=1S/C20H20Cl2N4O2S/c1-3-26-18(11-28-15-7-4-13(2)5-8-15)24-25-20(26)29-12-19(27)23-17-10-14(21)6-9-16(17)22/h4-10H,3,11-12H2,1-2H3,(H,23,27). The number of benzene rings is 2. The van der Waals surface area contributed by atoms with Crippen LogP contribution in [-0.4, -0.2) is 26.4 Å². The van der Waals surface area contributed by atoms with E-state index in [9.17, 15) is 4.79 Å². The van der Waals surface area contributed by atoms with Gasteiger partial charge in [0, 0.05) is 11.6 Å². The number of nitrogens with one attached hydrogen (secondary N) is 1. The van der Waals surface area contributed by atoms with Gasteiger partial charge in [0.2, 0.25) is 5.91 Å². The fourth-order valence-electron chi connectivity index (χ4n) is 2.54. The molecule has 1 amide bonds. The third-order valence-corrected chi connectivity index (χ3v) is 5.56. The highest BCUT2D eigenvalue weighted by molar-refractivity contribution is 7.99. The molecule has 0 saturated heterocycles. The fraction of sp³-hybridized carbons (Fsp3) is 0.250. The van der Waals surface area contributed by atoms with Crippen molar-refractivity contribution in [3.05, 3.63) is 63.9 Å². The van der Waals surface area contributed by atoms with Crippen LogP contribution in [0.15, 0.2) is 47.6 Å². The number of rotatable bonds is 8. The highest BCUT2D eigenvalue weighted by atomic mass is 35.5. The number of hydrogen-bond donors (Lipinski definition) is 1. The molecule has 29 heavy (non-hydrogen) atoms. The second-order valence-corrected chi connectivity index (χ2v) is 7.99. The summed E-state index contributed by atoms with van der Waals surface area (Å²) in [7, 11) is 0. The van der Waals surface area contributed by atoms with Gasteiger partial charge in [-0.15, -0.1) is 10.2 Å². The van der Waals surface area contributed by atoms with Crippen molar-refractivity contribution in [2.75, 3.05) is 11.1 Å². The van der Waals surface area contributed by atoms with E-state index in [-0.39, 0.29) is 11.7 Å². The molecule has 0 fully saturated rings. The highest BCUT2D eigenvalue weighted by Gasteiger charge is 2.14. The van der Waals surface area contributed by atoms with Crippen molar-refractivity contribution in [2.24, 2.45) is 0 Å². The number of aromatic nitrogens is 3. The quantitative estimate of drug-likeness (QED) is 0.476. The number of halogens is 2. The summed E-state index contributed by atoms with van der Waals surface area (Å²) in [5, 5.41) is 12.7. The number of carbonyl (C=O) groups is 1. The lowest BCUT2D eigenvalue weighted by atomic mass is 10.2. The molecule has 0 aliphatic heterocycles. The average Bonchev–Trinajstić information content (AvgIpc) is 3.10. The topological polar surface area (TPSA) is 69.0 Å². The Hall–Kier alpha value is -2.22. The first-order valence-electron chi connectivity index (χ1n) is 8.95. The summed E-state index contributed by atoms with van der Waals surface area (Å²) >= 11 is 13.3. The summed E-state index contributed by atoms with van der Waals surface area (Å²) in [4.78, 5) is 12.3. The molecule has 2 aromatic carbocycles. The van der Waals surface area contributed by atoms with Crippen molar-refractivity contribution in [2.45, 2.75) is 32.2 Å². The lowest BCUT2D eigenvalue weighted by Crippen LogP contribution is -2.15. The van der Waals surface area contributed by atoms with Gasteiger partial charge in [-0.05, 0) is 44.2 Å². The maximum Gasteiger partial charge on any atom is 0.234 e. The van der Waals surface area contributed by atoms with Crippen LogP contribution < -0.4 is 10.1 Å². The predicted molar refractivity (Wildman–Crippen MR) is 117 cm³/mol. The van der Waals surface area contributed by atoms with Crippen LogP contribution in [-0.2, 0) is 17.9 Å². The van der Waals surface area contributed by atoms with Gasteiger partial charge in [-0.25, -0.2) is 0 Å². The number of ether oxygens (including phenoxy) is 1. The molecular formula is C20H20Cl2N4O2S. The smallest absolute Gasteiger partial charge is 0.234 e. The molecule has 0 unspecified atom stereocenters. The van der Waals surface area contributed by atoms with E-state index in [1.54, 1.807) is 18.2 Å². The van der Waals surface area contributed by atoms with Gasteiger partial charge in [0.15, 0.2) is 11.0 Å². The van der Waals surface area contributed by atoms with E-state index in [2.05, 4.69) is 15.5 Å². The molecule has 0 spiro atoms. The van der Waals surface area contributed by atoms with Crippen molar-refractivity contribution < 1.29 is 9.53 Å². The Bertz CT molecular complexity index is 993. The monoisotopic (exact) mass is 450 g/mol. The van der Waals surface area contributed by atoms with E-state index >= 15 is 0 Å². The molecule has 3 rings (SSSR count). The molecule has 0 bridgehead atoms. The van der Waals surface area contributed by atoms with Crippen molar-refractivity contribution in [3.63, 3.8) is 0 Å². The normalized spacial score (nSPS) is 10.8. The third kappa shape index (κ3) is 5.88. The molecule has 1 N–H and O–H groups in total. The van der Waals surface area contributed by atoms with E-state index in [0.29, 0.717) is 39.9 Å². The maximum atomic E-state index is 12.3. The van der Waals surface area contributed by atoms with E-state index in [1.165, 1.54) is 17.3 Å². The van der Waals surface area contributed by atoms with E-state index in [1.807, 2.05) is 42.7 Å². The molecule has 0 saturated carbocycles. The average molecular weight is 451 g/mol. The Balaban J connectivity index is 1.58. The van der Waals surface area contributed by atoms with Gasteiger partial charge in [0.1, 0.15) is 12.4 Å². The third-order valence-electron chi connectivity index (χ3n) is 4.03. The van der Waals surface area contributed by atoms with Crippen molar-refractivity contribution in [1.29, 1.82) is 0 Å². The van der Waals surface area contributed by atoms with Gasteiger partial charge in [-0.3, -0.25) is 4.79 Å². The summed E-state index contributed by atoms with van der Waals surface area (Å²) in [6.45, 7) is 4.99. The number of carbonyl (C=O) groups excluding carboxylic acids is 1. The summed E-state index contributed by atoms with van der Waals surface area (Å²) in [5.41, 5.74) is 1.65. The first kappa shape index (κ1) is 21.5. The first-order chi connectivity index (χ1) is 14.0. The summed E-state index contributed by atoms with van der Waals surface area (Å²) < 4.78 is 7.72. The zero-order chi connectivity index (χ0) is 20.8. The van der Waals surface area contributed by atoms with E-state index in [4.69, 9.17) is 27.9 Å². The van der Waals surface area contributed by atoms with Gasteiger partial charge in [0.25, 0.3) is 0 Å². The molecule has 0 aliphatic rings. The van der Waals surface area contributed by atoms with Crippen LogP contribution in [0, 0.1) is 6.92 Å². The number of thioether (sulfide) groups is 1. The fourth-order valence-corrected chi connectivity index (χ4v) is 3.70. The Morgan fingerprint density at radius 3 is 2.66 bits per heavy atom. The van der Waals surface area contributed by atoms with Crippen LogP contribution in [0.4, 0.5) is 5.69 Å². The number of anilines is 1. The Morgan fingerprint density at radius 1 is 1.17 bits per heavy atom. The van der Waals surface area contributed by atoms with Crippen LogP contribution in [0.25, 0.3) is 0 Å². The molecule has 6 nitrogen and oxygen atoms in total. The van der Waals surface area contributed by atoms with E-state index in [0.717, 1.165) is 5.75 Å². The molecule has 1 heterocycles. The van der Waals surface area contributed by atoms with Crippen LogP contribution in [0.3, 0.4) is 0 Å². The molecule has 3 aromatic rings. The van der Waals surface area contributed by atoms with Crippen molar-refractivity contribution >= 4 is 46.6 Å². The molecule has 0 aliphatic carbocycles. The minimum atomic E-state index is -0.206. The maximum absolute atomic E-state index is 12.3. The number of amides is 1. The zero-order valence-electron chi connectivity index (χ0n) is 16.0. The van der Waals surface area contributed by atoms with Gasteiger partial charge < -0.3 is 14.6 Å². The number of nitrogens with zero attached hydrogens (tertiary/aromatic N) is 3. The Kier molecular flexibility index (Phi) is 7.41. The van der Waals surface area contributed by atoms with Gasteiger partial charge in [0.05, 0.1) is 16.5 Å². The highest BCUT2D eigenvalue weighted by Crippen LogP contribution is 2.26. The SMILES string of the molecule is CCn1c(COc2ccc(C)cc2)nnc1SCC(=O)Nc1cc(Cl)ccc1Cl. The molecule has 9 heteroatoms. The molecular weight excluding hydrogens is 431 g/mol. The van der Waals surface area contributed by atoms with Gasteiger partial charge >= 0.3 is 0 Å². The summed E-state index contributed by atoms with van der Waals surface area (Å²) in [6.07, 6.45) is 0. The minimum Gasteiger partial charge on any atom is -0.486 e. The number of aryl methyl sites for hydroxylation is 1. The van der Waals surface area contributed by atoms with E-state index < -0.39 is 0 Å². The number of hydrogen-bond acceptors (Lipinski definition) is 5. The van der Waals surface area contributed by atoms with Crippen LogP contribution >= 0.6 is 35.0 Å². The Labute approximate surface area is 183 Å². The van der Waals surface area contributed by atoms with Gasteiger partial charge in [-0.1, -0.05) is 52.7 Å². The predicted octanol–water partition coefficient (Wildman–Crippen LogP) is 5.22. The first-order valence-corrected chi connectivity index (χ1v) is 10.7. The molecule has 152 valence electrons.